The number of aliphatic hydroxyl groups excluding tert-OH is 1. The average molecular weight is 683 g/mol. The van der Waals surface area contributed by atoms with Crippen molar-refractivity contribution < 1.29 is 28.3 Å². The largest absolute Gasteiger partial charge is 0.390 e. The molecule has 0 bridgehead atoms. The van der Waals surface area contributed by atoms with E-state index in [9.17, 15) is 28.3 Å². The Morgan fingerprint density at radius 3 is 2.18 bits per heavy atom. The molecule has 1 aliphatic carbocycles. The zero-order valence-electron chi connectivity index (χ0n) is 30.0. The number of halogens is 2. The summed E-state index contributed by atoms with van der Waals surface area (Å²) in [5.74, 6) is -1.23. The number of hydrogen-bond donors (Lipinski definition) is 4. The van der Waals surface area contributed by atoms with Crippen molar-refractivity contribution in [3.63, 3.8) is 0 Å². The van der Waals surface area contributed by atoms with Gasteiger partial charge in [-0.1, -0.05) is 69.5 Å². The number of carbonyl (C=O) groups is 3. The first kappa shape index (κ1) is 38.6. The Labute approximate surface area is 290 Å². The van der Waals surface area contributed by atoms with Gasteiger partial charge in [0.2, 0.25) is 11.8 Å². The smallest absolute Gasteiger partial charge is 0.238 e. The number of nitrogens with zero attached hydrogens (tertiary/aromatic N) is 1. The highest BCUT2D eigenvalue weighted by molar-refractivity contribution is 5.85. The lowest BCUT2D eigenvalue weighted by Gasteiger charge is -2.47. The summed E-state index contributed by atoms with van der Waals surface area (Å²) >= 11 is 0. The first-order valence-electron chi connectivity index (χ1n) is 17.8. The van der Waals surface area contributed by atoms with E-state index in [4.69, 9.17) is 0 Å². The molecule has 1 saturated carbocycles. The third kappa shape index (κ3) is 10.9. The second kappa shape index (κ2) is 16.7. The van der Waals surface area contributed by atoms with Crippen LogP contribution in [0.1, 0.15) is 91.2 Å². The molecule has 4 rings (SSSR count). The van der Waals surface area contributed by atoms with Crippen LogP contribution in [0.3, 0.4) is 0 Å². The van der Waals surface area contributed by atoms with Crippen LogP contribution in [0.25, 0.3) is 0 Å². The molecule has 1 heterocycles. The fourth-order valence-electron chi connectivity index (χ4n) is 7.78. The molecular weight excluding hydrogens is 626 g/mol. The highest BCUT2D eigenvalue weighted by atomic mass is 19.1. The first-order valence-corrected chi connectivity index (χ1v) is 17.8. The van der Waals surface area contributed by atoms with Gasteiger partial charge in [0.15, 0.2) is 0 Å². The van der Waals surface area contributed by atoms with Gasteiger partial charge in [0.05, 0.1) is 24.2 Å². The van der Waals surface area contributed by atoms with E-state index in [1.54, 1.807) is 13.8 Å². The van der Waals surface area contributed by atoms with Crippen molar-refractivity contribution >= 4 is 17.6 Å². The lowest BCUT2D eigenvalue weighted by Crippen LogP contribution is -2.61. The van der Waals surface area contributed by atoms with Gasteiger partial charge in [0.25, 0.3) is 0 Å². The molecule has 2 aliphatic rings. The van der Waals surface area contributed by atoms with Crippen LogP contribution in [-0.2, 0) is 27.3 Å². The highest BCUT2D eigenvalue weighted by Crippen LogP contribution is 2.39. The number of aliphatic hydroxyl groups is 1. The Hall–Kier alpha value is -3.21. The number of Topliss-reactive ketones (excluding diaryl/α,β-unsaturated/α-hetero) is 1. The summed E-state index contributed by atoms with van der Waals surface area (Å²) in [5, 5.41) is 21.2. The van der Waals surface area contributed by atoms with Gasteiger partial charge < -0.3 is 25.9 Å². The number of β-amino-alcohol motifs (C(OH)–C–C–N with tert-alkyl or cyclic N) is 1. The number of piperidine rings is 1. The Kier molecular flexibility index (Phi) is 13.1. The van der Waals surface area contributed by atoms with E-state index < -0.39 is 52.7 Å². The van der Waals surface area contributed by atoms with Crippen LogP contribution in [0.15, 0.2) is 48.5 Å². The summed E-state index contributed by atoms with van der Waals surface area (Å²) < 4.78 is 29.1. The van der Waals surface area contributed by atoms with E-state index in [0.29, 0.717) is 24.8 Å². The van der Waals surface area contributed by atoms with E-state index in [1.807, 2.05) is 51.1 Å². The summed E-state index contributed by atoms with van der Waals surface area (Å²) in [7, 11) is 0. The van der Waals surface area contributed by atoms with Crippen LogP contribution in [0, 0.1) is 28.9 Å². The molecule has 2 aromatic rings. The fourth-order valence-corrected chi connectivity index (χ4v) is 7.78. The van der Waals surface area contributed by atoms with Crippen molar-refractivity contribution in [1.82, 2.24) is 20.9 Å². The molecule has 6 atom stereocenters. The number of hydrogen-bond acceptors (Lipinski definition) is 6. The zero-order chi connectivity index (χ0) is 35.9. The maximum Gasteiger partial charge on any atom is 0.238 e. The predicted molar refractivity (Wildman–Crippen MR) is 187 cm³/mol. The number of benzene rings is 2. The van der Waals surface area contributed by atoms with Crippen molar-refractivity contribution in [2.75, 3.05) is 13.1 Å². The molecule has 4 N–H and O–H groups in total. The first-order chi connectivity index (χ1) is 23.0. The van der Waals surface area contributed by atoms with Gasteiger partial charge >= 0.3 is 0 Å². The van der Waals surface area contributed by atoms with Gasteiger partial charge in [0.1, 0.15) is 17.4 Å². The van der Waals surface area contributed by atoms with E-state index >= 15 is 0 Å². The third-order valence-electron chi connectivity index (χ3n) is 10.1. The van der Waals surface area contributed by atoms with E-state index in [1.165, 1.54) is 19.4 Å². The minimum absolute atomic E-state index is 0.0463. The topological polar surface area (TPSA) is 111 Å². The van der Waals surface area contributed by atoms with Gasteiger partial charge in [-0.05, 0) is 81.9 Å². The fraction of sp³-hybridized carbons (Fsp3) is 0.615. The lowest BCUT2D eigenvalue weighted by atomic mass is 9.72. The normalized spacial score (nSPS) is 22.0. The van der Waals surface area contributed by atoms with Crippen molar-refractivity contribution in [1.29, 1.82) is 0 Å². The quantitative estimate of drug-likeness (QED) is 0.215. The van der Waals surface area contributed by atoms with Crippen LogP contribution in [0.5, 0.6) is 0 Å². The highest BCUT2D eigenvalue weighted by Gasteiger charge is 2.43. The number of ketones is 1. The number of likely N-dealkylation sites (tertiary alicyclic amines) is 1. The molecular formula is C39H56F2N4O4. The van der Waals surface area contributed by atoms with Gasteiger partial charge in [-0.25, -0.2) is 8.78 Å². The molecule has 49 heavy (non-hydrogen) atoms. The Bertz CT molecular complexity index is 1410. The van der Waals surface area contributed by atoms with Crippen molar-refractivity contribution in [3.8, 4) is 0 Å². The molecule has 1 aliphatic heterocycles. The minimum atomic E-state index is -1.05. The van der Waals surface area contributed by atoms with E-state index in [0.717, 1.165) is 43.4 Å². The molecule has 0 aromatic heterocycles. The molecule has 10 heteroatoms. The molecule has 270 valence electrons. The summed E-state index contributed by atoms with van der Waals surface area (Å²) in [6.45, 7) is 11.4. The number of carbonyl (C=O) groups excluding carboxylic acids is 3. The number of rotatable bonds is 14. The molecule has 2 fully saturated rings. The number of nitrogens with one attached hydrogen (secondary N) is 3. The van der Waals surface area contributed by atoms with Crippen LogP contribution in [-0.4, -0.2) is 70.5 Å². The molecule has 2 aromatic carbocycles. The second-order valence-corrected chi connectivity index (χ2v) is 16.0. The third-order valence-corrected chi connectivity index (χ3v) is 10.1. The predicted octanol–water partition coefficient (Wildman–Crippen LogP) is 5.31. The minimum Gasteiger partial charge on any atom is -0.390 e. The molecule has 2 amide bonds. The number of amides is 2. The molecule has 8 nitrogen and oxygen atoms in total. The van der Waals surface area contributed by atoms with Crippen molar-refractivity contribution in [3.05, 3.63) is 71.3 Å². The summed E-state index contributed by atoms with van der Waals surface area (Å²) in [6.07, 6.45) is 4.57. The van der Waals surface area contributed by atoms with Gasteiger partial charge in [-0.15, -0.1) is 0 Å². The standard InChI is InChI=1S/C39H56F2N4O4/c1-25(46)21-39(5,6)35(42-22-29-30(40)17-12-18-31(29)41)37(49)43-32(19-26-13-8-7-9-14-26)34(47)24-45-23-28-16-11-10-15-27(28)20-33(45)36(48)44-38(2,3)4/h7-9,12-14,17-18,27-28,32-35,42,47H,10-11,15-16,19-24H2,1-6H3,(H,43,49)(H,44,48)/t27?,28?,32?,33-,34+,35+/m0/s1. The van der Waals surface area contributed by atoms with Crippen molar-refractivity contribution in [2.24, 2.45) is 17.3 Å². The maximum absolute atomic E-state index is 14.6. The van der Waals surface area contributed by atoms with Crippen LogP contribution >= 0.6 is 0 Å². The van der Waals surface area contributed by atoms with Gasteiger partial charge in [0, 0.05) is 37.2 Å². The zero-order valence-corrected chi connectivity index (χ0v) is 30.0. The SMILES string of the molecule is CC(=O)CC(C)(C)[C@H](NCc1c(F)cccc1F)C(=O)NC(Cc1ccccc1)[C@H](O)CN1CC2CCCCC2C[C@H]1C(=O)NC(C)(C)C. The maximum atomic E-state index is 14.6. The summed E-state index contributed by atoms with van der Waals surface area (Å²) in [5.41, 5.74) is -0.639. The van der Waals surface area contributed by atoms with E-state index in [-0.39, 0.29) is 36.8 Å². The van der Waals surface area contributed by atoms with Crippen LogP contribution < -0.4 is 16.0 Å². The average Bonchev–Trinajstić information content (AvgIpc) is 3.00. The number of fused-ring (bicyclic) bond motifs is 1. The second-order valence-electron chi connectivity index (χ2n) is 16.0. The molecule has 3 unspecified atom stereocenters. The molecule has 0 spiro atoms. The molecule has 1 saturated heterocycles. The monoisotopic (exact) mass is 682 g/mol. The van der Waals surface area contributed by atoms with E-state index in [2.05, 4.69) is 20.9 Å². The summed E-state index contributed by atoms with van der Waals surface area (Å²) in [6, 6.07) is 11.0. The van der Waals surface area contributed by atoms with Crippen molar-refractivity contribution in [2.45, 2.75) is 123 Å². The molecule has 0 radical (unpaired) electrons. The summed E-state index contributed by atoms with van der Waals surface area (Å²) in [4.78, 5) is 42.2. The Balaban J connectivity index is 1.60. The Morgan fingerprint density at radius 1 is 0.939 bits per heavy atom. The van der Waals surface area contributed by atoms with Gasteiger partial charge in [-0.3, -0.25) is 14.5 Å². The van der Waals surface area contributed by atoms with Gasteiger partial charge in [-0.2, -0.15) is 0 Å². The lowest BCUT2D eigenvalue weighted by molar-refractivity contribution is -0.134. The van der Waals surface area contributed by atoms with Crippen LogP contribution in [0.4, 0.5) is 8.78 Å². The Morgan fingerprint density at radius 2 is 1.57 bits per heavy atom. The van der Waals surface area contributed by atoms with Crippen LogP contribution in [0.2, 0.25) is 0 Å².